The van der Waals surface area contributed by atoms with Gasteiger partial charge in [-0.3, -0.25) is 0 Å². The molecule has 0 bridgehead atoms. The van der Waals surface area contributed by atoms with Crippen molar-refractivity contribution in [2.75, 3.05) is 13.2 Å². The molecule has 0 unspecified atom stereocenters. The van der Waals surface area contributed by atoms with Crippen LogP contribution in [0.4, 0.5) is 0 Å². The van der Waals surface area contributed by atoms with E-state index in [1.165, 1.54) is 0 Å². The third-order valence-corrected chi connectivity index (χ3v) is 6.84. The minimum atomic E-state index is -3.45. The van der Waals surface area contributed by atoms with Gasteiger partial charge in [0.15, 0.2) is 0 Å². The van der Waals surface area contributed by atoms with Crippen LogP contribution in [-0.4, -0.2) is 26.7 Å². The summed E-state index contributed by atoms with van der Waals surface area (Å²) in [6.07, 6.45) is 6.38. The summed E-state index contributed by atoms with van der Waals surface area (Å²) in [6, 6.07) is 13.0. The lowest BCUT2D eigenvalue weighted by molar-refractivity contribution is 0.202. The predicted octanol–water partition coefficient (Wildman–Crippen LogP) is 3.70. The minimum absolute atomic E-state index is 0.279. The van der Waals surface area contributed by atoms with E-state index in [1.807, 2.05) is 30.3 Å². The molecule has 0 amide bonds. The summed E-state index contributed by atoms with van der Waals surface area (Å²) in [4.78, 5) is 0.331. The molecule has 1 aliphatic rings. The molecule has 0 aromatic heterocycles. The third-order valence-electron chi connectivity index (χ3n) is 5.38. The second kappa shape index (κ2) is 8.30. The predicted molar refractivity (Wildman–Crippen MR) is 101 cm³/mol. The van der Waals surface area contributed by atoms with Gasteiger partial charge in [0.05, 0.1) is 4.90 Å². The van der Waals surface area contributed by atoms with Crippen LogP contribution in [0, 0.1) is 11.8 Å². The number of aliphatic hydroxyl groups excluding tert-OH is 1. The van der Waals surface area contributed by atoms with Gasteiger partial charge in [-0.2, -0.15) is 0 Å². The maximum Gasteiger partial charge on any atom is 0.240 e. The zero-order valence-electron chi connectivity index (χ0n) is 14.5. The topological polar surface area (TPSA) is 66.4 Å². The molecule has 2 aromatic rings. The fourth-order valence-corrected chi connectivity index (χ4v) is 4.89. The molecule has 136 valence electrons. The van der Waals surface area contributed by atoms with Crippen molar-refractivity contribution in [3.8, 4) is 0 Å². The standard InChI is InChI=1S/C20H27NO3S/c22-14-12-17-7-5-16(6-8-17)11-13-21-25(23,24)20-10-9-18-3-1-2-4-19(18)15-20/h1-4,9-10,15-17,21-22H,5-8,11-14H2. The number of fused-ring (bicyclic) bond motifs is 1. The van der Waals surface area contributed by atoms with Crippen molar-refractivity contribution in [2.24, 2.45) is 11.8 Å². The van der Waals surface area contributed by atoms with E-state index in [1.54, 1.807) is 12.1 Å². The molecule has 25 heavy (non-hydrogen) atoms. The average Bonchev–Trinajstić information content (AvgIpc) is 2.63. The zero-order valence-corrected chi connectivity index (χ0v) is 15.3. The Bertz CT molecular complexity index is 795. The lowest BCUT2D eigenvalue weighted by atomic mass is 9.79. The summed E-state index contributed by atoms with van der Waals surface area (Å²) >= 11 is 0. The van der Waals surface area contributed by atoms with Gasteiger partial charge in [0.2, 0.25) is 10.0 Å². The van der Waals surface area contributed by atoms with Crippen LogP contribution < -0.4 is 4.72 Å². The van der Waals surface area contributed by atoms with E-state index in [-0.39, 0.29) is 6.61 Å². The fraction of sp³-hybridized carbons (Fsp3) is 0.500. The highest BCUT2D eigenvalue weighted by atomic mass is 32.2. The SMILES string of the molecule is O=S(=O)(NCCC1CCC(CCO)CC1)c1ccc2ccccc2c1. The lowest BCUT2D eigenvalue weighted by Crippen LogP contribution is -2.27. The number of hydrogen-bond donors (Lipinski definition) is 2. The normalized spacial score (nSPS) is 21.5. The van der Waals surface area contributed by atoms with Crippen LogP contribution in [0.1, 0.15) is 38.5 Å². The summed E-state index contributed by atoms with van der Waals surface area (Å²) < 4.78 is 27.8. The molecule has 0 radical (unpaired) electrons. The summed E-state index contributed by atoms with van der Waals surface area (Å²) in [5, 5.41) is 11.0. The number of sulfonamides is 1. The Morgan fingerprint density at radius 1 is 0.920 bits per heavy atom. The molecule has 0 heterocycles. The van der Waals surface area contributed by atoms with E-state index in [2.05, 4.69) is 4.72 Å². The van der Waals surface area contributed by atoms with Crippen molar-refractivity contribution in [1.29, 1.82) is 0 Å². The minimum Gasteiger partial charge on any atom is -0.396 e. The molecular formula is C20H27NO3S. The monoisotopic (exact) mass is 361 g/mol. The van der Waals surface area contributed by atoms with Gasteiger partial charge in [-0.05, 0) is 47.6 Å². The van der Waals surface area contributed by atoms with Crippen LogP contribution in [0.25, 0.3) is 10.8 Å². The van der Waals surface area contributed by atoms with Crippen LogP contribution in [0.5, 0.6) is 0 Å². The summed E-state index contributed by atoms with van der Waals surface area (Å²) in [6.45, 7) is 0.769. The zero-order chi connectivity index (χ0) is 17.7. The number of hydrogen-bond acceptors (Lipinski definition) is 3. The van der Waals surface area contributed by atoms with Crippen LogP contribution in [0.15, 0.2) is 47.4 Å². The van der Waals surface area contributed by atoms with Gasteiger partial charge in [0, 0.05) is 13.2 Å². The van der Waals surface area contributed by atoms with Crippen LogP contribution >= 0.6 is 0 Å². The first-order valence-corrected chi connectivity index (χ1v) is 10.7. The Morgan fingerprint density at radius 3 is 2.24 bits per heavy atom. The molecule has 2 N–H and O–H groups in total. The quantitative estimate of drug-likeness (QED) is 0.790. The first kappa shape index (κ1) is 18.4. The van der Waals surface area contributed by atoms with Gasteiger partial charge in [0.1, 0.15) is 0 Å². The van der Waals surface area contributed by atoms with Crippen molar-refractivity contribution < 1.29 is 13.5 Å². The highest BCUT2D eigenvalue weighted by molar-refractivity contribution is 7.89. The Kier molecular flexibility index (Phi) is 6.10. The Morgan fingerprint density at radius 2 is 1.56 bits per heavy atom. The molecule has 0 spiro atoms. The first-order valence-electron chi connectivity index (χ1n) is 9.18. The third kappa shape index (κ3) is 4.81. The largest absolute Gasteiger partial charge is 0.396 e. The molecule has 0 atom stereocenters. The smallest absolute Gasteiger partial charge is 0.240 e. The van der Waals surface area contributed by atoms with Crippen LogP contribution in [0.2, 0.25) is 0 Å². The summed E-state index contributed by atoms with van der Waals surface area (Å²) in [7, 11) is -3.45. The van der Waals surface area contributed by atoms with Crippen LogP contribution in [-0.2, 0) is 10.0 Å². The molecule has 4 nitrogen and oxygen atoms in total. The number of benzene rings is 2. The van der Waals surface area contributed by atoms with Gasteiger partial charge in [0.25, 0.3) is 0 Å². The average molecular weight is 362 g/mol. The van der Waals surface area contributed by atoms with E-state index in [4.69, 9.17) is 5.11 Å². The van der Waals surface area contributed by atoms with Crippen molar-refractivity contribution in [3.63, 3.8) is 0 Å². The van der Waals surface area contributed by atoms with E-state index >= 15 is 0 Å². The van der Waals surface area contributed by atoms with Gasteiger partial charge >= 0.3 is 0 Å². The molecular weight excluding hydrogens is 334 g/mol. The van der Waals surface area contributed by atoms with Gasteiger partial charge in [-0.25, -0.2) is 13.1 Å². The maximum atomic E-state index is 12.5. The van der Waals surface area contributed by atoms with Crippen molar-refractivity contribution >= 4 is 20.8 Å². The van der Waals surface area contributed by atoms with E-state index in [9.17, 15) is 8.42 Å². The maximum absolute atomic E-state index is 12.5. The second-order valence-electron chi connectivity index (χ2n) is 7.09. The molecule has 1 saturated carbocycles. The number of rotatable bonds is 7. The van der Waals surface area contributed by atoms with E-state index in [0.29, 0.717) is 23.3 Å². The number of nitrogens with one attached hydrogen (secondary N) is 1. The molecule has 1 fully saturated rings. The number of aliphatic hydroxyl groups is 1. The molecule has 1 aliphatic carbocycles. The lowest BCUT2D eigenvalue weighted by Gasteiger charge is -2.28. The van der Waals surface area contributed by atoms with Gasteiger partial charge in [-0.1, -0.05) is 56.0 Å². The summed E-state index contributed by atoms with van der Waals surface area (Å²) in [5.74, 6) is 1.24. The molecule has 3 rings (SSSR count). The van der Waals surface area contributed by atoms with Gasteiger partial charge < -0.3 is 5.11 Å². The first-order chi connectivity index (χ1) is 12.1. The van der Waals surface area contributed by atoms with Crippen molar-refractivity contribution in [2.45, 2.75) is 43.4 Å². The molecule has 2 aromatic carbocycles. The summed E-state index contributed by atoms with van der Waals surface area (Å²) in [5.41, 5.74) is 0. The van der Waals surface area contributed by atoms with Crippen molar-refractivity contribution in [1.82, 2.24) is 4.72 Å². The Labute approximate surface area is 150 Å². The van der Waals surface area contributed by atoms with Crippen LogP contribution in [0.3, 0.4) is 0 Å². The fourth-order valence-electron chi connectivity index (χ4n) is 3.81. The van der Waals surface area contributed by atoms with Crippen molar-refractivity contribution in [3.05, 3.63) is 42.5 Å². The second-order valence-corrected chi connectivity index (χ2v) is 8.86. The highest BCUT2D eigenvalue weighted by Crippen LogP contribution is 2.32. The van der Waals surface area contributed by atoms with E-state index < -0.39 is 10.0 Å². The highest BCUT2D eigenvalue weighted by Gasteiger charge is 2.21. The Hall–Kier alpha value is -1.43. The van der Waals surface area contributed by atoms with E-state index in [0.717, 1.165) is 49.3 Å². The molecule has 0 saturated heterocycles. The molecule has 0 aliphatic heterocycles. The van der Waals surface area contributed by atoms with Gasteiger partial charge in [-0.15, -0.1) is 0 Å². The Balaban J connectivity index is 1.53. The molecule has 5 heteroatoms.